The van der Waals surface area contributed by atoms with Gasteiger partial charge in [-0.25, -0.2) is 4.98 Å². The summed E-state index contributed by atoms with van der Waals surface area (Å²) in [6.07, 6.45) is -0.822. The van der Waals surface area contributed by atoms with Crippen molar-refractivity contribution in [2.45, 2.75) is 71.8 Å². The van der Waals surface area contributed by atoms with E-state index in [2.05, 4.69) is 33.4 Å². The first-order valence-electron chi connectivity index (χ1n) is 12.7. The number of nitrogens with zero attached hydrogens (tertiary/aromatic N) is 7. The van der Waals surface area contributed by atoms with Crippen LogP contribution >= 0.6 is 11.3 Å². The first kappa shape index (κ1) is 25.7. The molecule has 1 N–H and O–H groups in total. The van der Waals surface area contributed by atoms with E-state index in [1.807, 2.05) is 18.7 Å². The maximum atomic E-state index is 13.3. The standard InChI is InChI=1S/C24H31F3N8OS/c1-4-6-16-11-17-19(33-9-10-35-18(13-33)31-32-22(35)24(25,26)27)29-23(30-21(17)37-16)34-8-5-7-15(12-34)28-20(36)14(2)3/h11,14-15H,4-10,12-13H2,1-3H3,(H,28,36). The highest BCUT2D eigenvalue weighted by Crippen LogP contribution is 2.36. The molecule has 1 unspecified atom stereocenters. The van der Waals surface area contributed by atoms with Gasteiger partial charge < -0.3 is 19.7 Å². The van der Waals surface area contributed by atoms with Crippen molar-refractivity contribution in [3.63, 3.8) is 0 Å². The smallest absolute Gasteiger partial charge is 0.351 e. The summed E-state index contributed by atoms with van der Waals surface area (Å²) >= 11 is 1.63. The molecule has 5 heterocycles. The Morgan fingerprint density at radius 2 is 2.00 bits per heavy atom. The van der Waals surface area contributed by atoms with E-state index in [1.165, 1.54) is 4.88 Å². The molecular weight excluding hydrogens is 505 g/mol. The number of aryl methyl sites for hydroxylation is 1. The van der Waals surface area contributed by atoms with Gasteiger partial charge in [0.05, 0.1) is 11.9 Å². The van der Waals surface area contributed by atoms with Gasteiger partial charge in [-0.15, -0.1) is 21.5 Å². The summed E-state index contributed by atoms with van der Waals surface area (Å²) in [5, 5.41) is 11.3. The number of fused-ring (bicyclic) bond motifs is 2. The van der Waals surface area contributed by atoms with E-state index in [4.69, 9.17) is 9.97 Å². The van der Waals surface area contributed by atoms with Crippen molar-refractivity contribution >= 4 is 39.2 Å². The maximum Gasteiger partial charge on any atom is 0.451 e. The number of piperidine rings is 1. The molecule has 0 aromatic carbocycles. The topological polar surface area (TPSA) is 92.1 Å². The lowest BCUT2D eigenvalue weighted by atomic mass is 10.0. The highest BCUT2D eigenvalue weighted by atomic mass is 32.1. The van der Waals surface area contributed by atoms with E-state index < -0.39 is 12.0 Å². The summed E-state index contributed by atoms with van der Waals surface area (Å²) in [6, 6.07) is 2.12. The van der Waals surface area contributed by atoms with E-state index in [0.29, 0.717) is 24.9 Å². The average Bonchev–Trinajstić information content (AvgIpc) is 3.47. The third kappa shape index (κ3) is 5.23. The second-order valence-electron chi connectivity index (χ2n) is 9.99. The lowest BCUT2D eigenvalue weighted by Crippen LogP contribution is -2.49. The summed E-state index contributed by atoms with van der Waals surface area (Å²) in [5.74, 6) is 0.539. The molecular formula is C24H31F3N8OS. The number of rotatable bonds is 6. The molecule has 3 aromatic rings. The van der Waals surface area contributed by atoms with Gasteiger partial charge in [-0.05, 0) is 25.3 Å². The van der Waals surface area contributed by atoms with Crippen LogP contribution in [0.2, 0.25) is 0 Å². The molecule has 1 fully saturated rings. The van der Waals surface area contributed by atoms with E-state index >= 15 is 0 Å². The molecule has 0 spiro atoms. The quantitative estimate of drug-likeness (QED) is 0.509. The van der Waals surface area contributed by atoms with Crippen molar-refractivity contribution in [2.75, 3.05) is 29.4 Å². The molecule has 1 atom stereocenters. The molecule has 37 heavy (non-hydrogen) atoms. The molecule has 0 saturated carbocycles. The SMILES string of the molecule is CCCc1cc2c(N3CCn4c(nnc4C(F)(F)F)C3)nc(N3CCCC(NC(=O)C(C)C)C3)nc2s1. The number of alkyl halides is 3. The number of aromatic nitrogens is 5. The van der Waals surface area contributed by atoms with Gasteiger partial charge in [0.2, 0.25) is 17.7 Å². The van der Waals surface area contributed by atoms with Crippen LogP contribution in [-0.4, -0.2) is 56.3 Å². The lowest BCUT2D eigenvalue weighted by Gasteiger charge is -2.34. The minimum Gasteiger partial charge on any atom is -0.351 e. The monoisotopic (exact) mass is 536 g/mol. The first-order chi connectivity index (χ1) is 17.6. The van der Waals surface area contributed by atoms with Crippen LogP contribution in [0.1, 0.15) is 56.6 Å². The minimum absolute atomic E-state index is 0.0136. The fourth-order valence-corrected chi connectivity index (χ4v) is 6.01. The maximum absolute atomic E-state index is 13.3. The van der Waals surface area contributed by atoms with Gasteiger partial charge >= 0.3 is 6.18 Å². The zero-order valence-corrected chi connectivity index (χ0v) is 22.0. The number of carbonyl (C=O) groups is 1. The average molecular weight is 537 g/mol. The Morgan fingerprint density at radius 3 is 2.73 bits per heavy atom. The highest BCUT2D eigenvalue weighted by molar-refractivity contribution is 7.18. The fraction of sp³-hybridized carbons (Fsp3) is 0.625. The zero-order valence-electron chi connectivity index (χ0n) is 21.2. The number of hydrogen-bond donors (Lipinski definition) is 1. The number of thiophene rings is 1. The summed E-state index contributed by atoms with van der Waals surface area (Å²) < 4.78 is 41.2. The van der Waals surface area contributed by atoms with Crippen LogP contribution in [-0.2, 0) is 30.5 Å². The lowest BCUT2D eigenvalue weighted by molar-refractivity contribution is -0.147. The highest BCUT2D eigenvalue weighted by Gasteiger charge is 2.40. The normalized spacial score (nSPS) is 18.5. The van der Waals surface area contributed by atoms with Crippen molar-refractivity contribution < 1.29 is 18.0 Å². The Hall–Kier alpha value is -2.96. The largest absolute Gasteiger partial charge is 0.451 e. The van der Waals surface area contributed by atoms with Crippen LogP contribution in [0.25, 0.3) is 10.2 Å². The van der Waals surface area contributed by atoms with Gasteiger partial charge in [0.15, 0.2) is 5.82 Å². The van der Waals surface area contributed by atoms with Gasteiger partial charge in [-0.2, -0.15) is 18.2 Å². The van der Waals surface area contributed by atoms with Crippen molar-refractivity contribution in [1.29, 1.82) is 0 Å². The molecule has 9 nitrogen and oxygen atoms in total. The summed E-state index contributed by atoms with van der Waals surface area (Å²) in [4.78, 5) is 28.3. The molecule has 3 aromatic heterocycles. The Morgan fingerprint density at radius 1 is 1.19 bits per heavy atom. The van der Waals surface area contributed by atoms with Crippen LogP contribution in [0.15, 0.2) is 6.07 Å². The van der Waals surface area contributed by atoms with E-state index in [9.17, 15) is 18.0 Å². The number of anilines is 2. The number of amides is 1. The minimum atomic E-state index is -4.54. The van der Waals surface area contributed by atoms with Gasteiger partial charge in [0, 0.05) is 43.0 Å². The first-order valence-corrected chi connectivity index (χ1v) is 13.6. The second-order valence-corrected chi connectivity index (χ2v) is 11.1. The predicted octanol–water partition coefficient (Wildman–Crippen LogP) is 4.02. The Bertz CT molecular complexity index is 1290. The summed E-state index contributed by atoms with van der Waals surface area (Å²) in [6.45, 7) is 7.91. The van der Waals surface area contributed by atoms with Crippen molar-refractivity contribution in [2.24, 2.45) is 5.92 Å². The predicted molar refractivity (Wildman–Crippen MR) is 136 cm³/mol. The molecule has 2 aliphatic heterocycles. The van der Waals surface area contributed by atoms with Crippen LogP contribution in [0.5, 0.6) is 0 Å². The molecule has 0 aliphatic carbocycles. The summed E-state index contributed by atoms with van der Waals surface area (Å²) in [5.41, 5.74) is 0. The Kier molecular flexibility index (Phi) is 6.99. The fourth-order valence-electron chi connectivity index (χ4n) is 4.89. The Balaban J connectivity index is 1.47. The van der Waals surface area contributed by atoms with E-state index in [0.717, 1.165) is 47.0 Å². The number of halogens is 3. The van der Waals surface area contributed by atoms with Crippen LogP contribution in [0.3, 0.4) is 0 Å². The summed E-state index contributed by atoms with van der Waals surface area (Å²) in [7, 11) is 0. The van der Waals surface area contributed by atoms with Gasteiger partial charge in [0.25, 0.3) is 0 Å². The number of nitrogens with one attached hydrogen (secondary N) is 1. The number of hydrogen-bond acceptors (Lipinski definition) is 8. The molecule has 1 amide bonds. The van der Waals surface area contributed by atoms with Crippen molar-refractivity contribution in [1.82, 2.24) is 30.0 Å². The van der Waals surface area contributed by atoms with Crippen molar-refractivity contribution in [3.05, 3.63) is 22.6 Å². The number of carbonyl (C=O) groups excluding carboxylic acids is 1. The molecule has 13 heteroatoms. The van der Waals surface area contributed by atoms with Gasteiger partial charge in [-0.3, -0.25) is 4.79 Å². The Labute approximate surface area is 217 Å². The van der Waals surface area contributed by atoms with E-state index in [1.54, 1.807) is 11.3 Å². The molecule has 1 saturated heterocycles. The zero-order chi connectivity index (χ0) is 26.3. The molecule has 0 bridgehead atoms. The molecule has 2 aliphatic rings. The van der Waals surface area contributed by atoms with Gasteiger partial charge in [-0.1, -0.05) is 27.2 Å². The van der Waals surface area contributed by atoms with Gasteiger partial charge in [0.1, 0.15) is 10.6 Å². The molecule has 5 rings (SSSR count). The second kappa shape index (κ2) is 10.1. The van der Waals surface area contributed by atoms with Crippen LogP contribution in [0, 0.1) is 5.92 Å². The molecule has 200 valence electrons. The van der Waals surface area contributed by atoms with E-state index in [-0.39, 0.29) is 36.8 Å². The third-order valence-electron chi connectivity index (χ3n) is 6.79. The molecule has 0 radical (unpaired) electrons. The van der Waals surface area contributed by atoms with Crippen molar-refractivity contribution in [3.8, 4) is 0 Å². The van der Waals surface area contributed by atoms with Crippen LogP contribution < -0.4 is 15.1 Å². The van der Waals surface area contributed by atoms with Crippen LogP contribution in [0.4, 0.5) is 24.9 Å². The third-order valence-corrected chi connectivity index (χ3v) is 7.88.